The van der Waals surface area contributed by atoms with Crippen LogP contribution in [0.1, 0.15) is 29.8 Å². The average Bonchev–Trinajstić information content (AvgIpc) is 2.26. The second-order valence-electron chi connectivity index (χ2n) is 4.78. The topological polar surface area (TPSA) is 54.5 Å². The van der Waals surface area contributed by atoms with Crippen molar-refractivity contribution >= 4 is 15.7 Å². The molecule has 1 amide bonds. The summed E-state index contributed by atoms with van der Waals surface area (Å²) in [5, 5.41) is 0. The summed E-state index contributed by atoms with van der Waals surface area (Å²) in [6.07, 6.45) is 1.19. The fourth-order valence-corrected chi connectivity index (χ4v) is 2.28. The van der Waals surface area contributed by atoms with E-state index in [-0.39, 0.29) is 17.7 Å². The predicted octanol–water partition coefficient (Wildman–Crippen LogP) is 1.71. The highest BCUT2D eigenvalue weighted by molar-refractivity contribution is 7.89. The van der Waals surface area contributed by atoms with Crippen molar-refractivity contribution in [3.63, 3.8) is 0 Å². The quantitative estimate of drug-likeness (QED) is 0.836. The molecule has 0 unspecified atom stereocenters. The van der Waals surface area contributed by atoms with E-state index in [1.54, 1.807) is 36.2 Å². The van der Waals surface area contributed by atoms with Crippen molar-refractivity contribution in [3.8, 4) is 0 Å². The number of benzene rings is 1. The normalized spacial score (nSPS) is 11.6. The van der Waals surface area contributed by atoms with E-state index in [4.69, 9.17) is 0 Å². The summed E-state index contributed by atoms with van der Waals surface area (Å²) in [4.78, 5) is 13.6. The van der Waals surface area contributed by atoms with Gasteiger partial charge in [-0.05, 0) is 31.5 Å². The monoisotopic (exact) mass is 269 g/mol. The van der Waals surface area contributed by atoms with Crippen LogP contribution in [0.5, 0.6) is 0 Å². The fraction of sp³-hybridized carbons (Fsp3) is 0.462. The number of hydrogen-bond donors (Lipinski definition) is 0. The van der Waals surface area contributed by atoms with Crippen molar-refractivity contribution in [1.29, 1.82) is 0 Å². The molecule has 1 aromatic carbocycles. The van der Waals surface area contributed by atoms with Crippen molar-refractivity contribution in [2.24, 2.45) is 0 Å². The molecule has 18 heavy (non-hydrogen) atoms. The minimum absolute atomic E-state index is 0.00148. The maximum atomic E-state index is 12.0. The van der Waals surface area contributed by atoms with Crippen LogP contribution in [0.3, 0.4) is 0 Å². The van der Waals surface area contributed by atoms with E-state index in [0.717, 1.165) is 0 Å². The van der Waals surface area contributed by atoms with Crippen molar-refractivity contribution in [2.45, 2.75) is 25.6 Å². The van der Waals surface area contributed by atoms with Gasteiger partial charge in [0.05, 0.1) is 5.75 Å². The third-order valence-corrected chi connectivity index (χ3v) is 3.58. The number of nitrogens with zero attached hydrogens (tertiary/aromatic N) is 1. The van der Waals surface area contributed by atoms with Gasteiger partial charge in [-0.2, -0.15) is 0 Å². The molecule has 0 aliphatic heterocycles. The molecule has 0 atom stereocenters. The number of carbonyl (C=O) groups excluding carboxylic acids is 1. The van der Waals surface area contributed by atoms with Crippen molar-refractivity contribution < 1.29 is 13.2 Å². The highest BCUT2D eigenvalue weighted by atomic mass is 32.2. The lowest BCUT2D eigenvalue weighted by molar-refractivity contribution is 0.0755. The SMILES string of the molecule is CC(C)N(C)C(=O)c1ccc(CS(C)(=O)=O)cc1. The highest BCUT2D eigenvalue weighted by Gasteiger charge is 2.14. The largest absolute Gasteiger partial charge is 0.339 e. The Bertz CT molecular complexity index is 518. The Morgan fingerprint density at radius 1 is 1.22 bits per heavy atom. The predicted molar refractivity (Wildman–Crippen MR) is 72.2 cm³/mol. The van der Waals surface area contributed by atoms with E-state index in [2.05, 4.69) is 0 Å². The van der Waals surface area contributed by atoms with E-state index in [0.29, 0.717) is 11.1 Å². The van der Waals surface area contributed by atoms with Crippen LogP contribution < -0.4 is 0 Å². The minimum Gasteiger partial charge on any atom is -0.339 e. The number of rotatable bonds is 4. The smallest absolute Gasteiger partial charge is 0.253 e. The van der Waals surface area contributed by atoms with Crippen LogP contribution in [0.2, 0.25) is 0 Å². The van der Waals surface area contributed by atoms with Gasteiger partial charge in [0.15, 0.2) is 9.84 Å². The van der Waals surface area contributed by atoms with Crippen LogP contribution in [-0.2, 0) is 15.6 Å². The Morgan fingerprint density at radius 3 is 2.11 bits per heavy atom. The van der Waals surface area contributed by atoms with E-state index in [9.17, 15) is 13.2 Å². The second-order valence-corrected chi connectivity index (χ2v) is 6.92. The van der Waals surface area contributed by atoms with Crippen LogP contribution in [0.15, 0.2) is 24.3 Å². The molecule has 5 heteroatoms. The molecule has 0 aromatic heterocycles. The summed E-state index contributed by atoms with van der Waals surface area (Å²) in [6, 6.07) is 6.84. The first-order chi connectivity index (χ1) is 8.20. The zero-order valence-electron chi connectivity index (χ0n) is 11.2. The molecular formula is C13H19NO3S. The Morgan fingerprint density at radius 2 is 1.72 bits per heavy atom. The summed E-state index contributed by atoms with van der Waals surface area (Å²) in [7, 11) is -1.29. The van der Waals surface area contributed by atoms with Crippen molar-refractivity contribution in [1.82, 2.24) is 4.90 Å². The van der Waals surface area contributed by atoms with E-state index in [1.165, 1.54) is 6.26 Å². The Balaban J connectivity index is 2.86. The van der Waals surface area contributed by atoms with Gasteiger partial charge in [-0.25, -0.2) is 8.42 Å². The molecule has 1 aromatic rings. The van der Waals surface area contributed by atoms with Gasteiger partial charge in [0.25, 0.3) is 5.91 Å². The molecular weight excluding hydrogens is 250 g/mol. The molecule has 0 bridgehead atoms. The van der Waals surface area contributed by atoms with Crippen LogP contribution in [0.4, 0.5) is 0 Å². The van der Waals surface area contributed by atoms with Crippen molar-refractivity contribution in [2.75, 3.05) is 13.3 Å². The number of sulfone groups is 1. The molecule has 0 aliphatic rings. The second kappa shape index (κ2) is 5.52. The number of hydrogen-bond acceptors (Lipinski definition) is 3. The molecule has 0 N–H and O–H groups in total. The first kappa shape index (κ1) is 14.7. The Labute approximate surface area is 109 Å². The summed E-state index contributed by atoms with van der Waals surface area (Å²) >= 11 is 0. The summed E-state index contributed by atoms with van der Waals surface area (Å²) in [6.45, 7) is 3.88. The number of amides is 1. The first-order valence-corrected chi connectivity index (χ1v) is 7.80. The Kier molecular flexibility index (Phi) is 4.51. The van der Waals surface area contributed by atoms with Gasteiger partial charge in [0.2, 0.25) is 0 Å². The summed E-state index contributed by atoms with van der Waals surface area (Å²) < 4.78 is 22.3. The lowest BCUT2D eigenvalue weighted by Crippen LogP contribution is -2.32. The molecule has 0 heterocycles. The molecule has 0 radical (unpaired) electrons. The van der Waals surface area contributed by atoms with Gasteiger partial charge in [0.1, 0.15) is 0 Å². The lowest BCUT2D eigenvalue weighted by atomic mass is 10.1. The van der Waals surface area contributed by atoms with Crippen LogP contribution in [0, 0.1) is 0 Å². The third kappa shape index (κ3) is 4.14. The molecule has 1 rings (SSSR count). The highest BCUT2D eigenvalue weighted by Crippen LogP contribution is 2.10. The third-order valence-electron chi connectivity index (χ3n) is 2.72. The first-order valence-electron chi connectivity index (χ1n) is 5.74. The van der Waals surface area contributed by atoms with Gasteiger partial charge < -0.3 is 4.90 Å². The molecule has 4 nitrogen and oxygen atoms in total. The molecule has 0 aliphatic carbocycles. The number of carbonyl (C=O) groups is 1. The summed E-state index contributed by atoms with van der Waals surface area (Å²) in [5.74, 6) is -0.0579. The van der Waals surface area contributed by atoms with Crippen LogP contribution in [0.25, 0.3) is 0 Å². The van der Waals surface area contributed by atoms with Gasteiger partial charge in [-0.1, -0.05) is 12.1 Å². The maximum absolute atomic E-state index is 12.0. The standard InChI is InChI=1S/C13H19NO3S/c1-10(2)14(3)13(15)12-7-5-11(6-8-12)9-18(4,16)17/h5-8,10H,9H2,1-4H3. The molecule has 0 fully saturated rings. The van der Waals surface area contributed by atoms with E-state index >= 15 is 0 Å². The molecule has 0 saturated heterocycles. The van der Waals surface area contributed by atoms with Crippen LogP contribution in [-0.4, -0.2) is 38.6 Å². The van der Waals surface area contributed by atoms with E-state index < -0.39 is 9.84 Å². The van der Waals surface area contributed by atoms with Gasteiger partial charge in [-0.3, -0.25) is 4.79 Å². The van der Waals surface area contributed by atoms with Gasteiger partial charge >= 0.3 is 0 Å². The summed E-state index contributed by atoms with van der Waals surface area (Å²) in [5.41, 5.74) is 1.27. The zero-order valence-corrected chi connectivity index (χ0v) is 12.0. The average molecular weight is 269 g/mol. The molecule has 0 spiro atoms. The molecule has 0 saturated carbocycles. The van der Waals surface area contributed by atoms with Crippen LogP contribution >= 0.6 is 0 Å². The lowest BCUT2D eigenvalue weighted by Gasteiger charge is -2.21. The minimum atomic E-state index is -3.04. The molecule has 100 valence electrons. The van der Waals surface area contributed by atoms with Gasteiger partial charge in [0, 0.05) is 24.9 Å². The fourth-order valence-electron chi connectivity index (χ4n) is 1.48. The maximum Gasteiger partial charge on any atom is 0.253 e. The van der Waals surface area contributed by atoms with E-state index in [1.807, 2.05) is 13.8 Å². The Hall–Kier alpha value is -1.36. The van der Waals surface area contributed by atoms with Gasteiger partial charge in [-0.15, -0.1) is 0 Å². The zero-order chi connectivity index (χ0) is 13.9. The van der Waals surface area contributed by atoms with Crippen molar-refractivity contribution in [3.05, 3.63) is 35.4 Å².